The Hall–Kier alpha value is -3.93. The fourth-order valence-electron chi connectivity index (χ4n) is 4.08. The van der Waals surface area contributed by atoms with E-state index >= 15 is 0 Å². The first kappa shape index (κ1) is 33.4. The number of nitrogens with zero attached hydrogens (tertiary/aromatic N) is 1. The highest BCUT2D eigenvalue weighted by Crippen LogP contribution is 2.29. The highest BCUT2D eigenvalue weighted by Gasteiger charge is 2.18. The van der Waals surface area contributed by atoms with E-state index in [2.05, 4.69) is 36.9 Å². The quantitative estimate of drug-likeness (QED) is 0.0976. The molecule has 46 heavy (non-hydrogen) atoms. The summed E-state index contributed by atoms with van der Waals surface area (Å²) in [5.74, 6) is -1.17. The number of halogens is 3. The Morgan fingerprint density at radius 1 is 0.913 bits per heavy atom. The van der Waals surface area contributed by atoms with Crippen LogP contribution in [0.15, 0.2) is 118 Å². The summed E-state index contributed by atoms with van der Waals surface area (Å²) in [4.78, 5) is 44.5. The number of aromatic nitrogens is 1. The molecule has 232 valence electrons. The van der Waals surface area contributed by atoms with Crippen LogP contribution in [0.1, 0.15) is 22.8 Å². The van der Waals surface area contributed by atoms with Crippen molar-refractivity contribution in [1.29, 1.82) is 0 Å². The maximum Gasteiger partial charge on any atom is 0.272 e. The van der Waals surface area contributed by atoms with Crippen molar-refractivity contribution in [3.05, 3.63) is 134 Å². The van der Waals surface area contributed by atoms with E-state index in [1.807, 2.05) is 36.6 Å². The Morgan fingerprint density at radius 2 is 1.63 bits per heavy atom. The Kier molecular flexibility index (Phi) is 11.3. The van der Waals surface area contributed by atoms with Crippen LogP contribution < -0.4 is 16.0 Å². The smallest absolute Gasteiger partial charge is 0.272 e. The summed E-state index contributed by atoms with van der Waals surface area (Å²) in [5, 5.41) is 11.2. The summed E-state index contributed by atoms with van der Waals surface area (Å²) in [5.41, 5.74) is 3.14. The molecule has 0 aliphatic carbocycles. The van der Waals surface area contributed by atoms with Gasteiger partial charge in [-0.1, -0.05) is 75.5 Å². The summed E-state index contributed by atoms with van der Waals surface area (Å²) >= 11 is 18.5. The number of benzene rings is 4. The average Bonchev–Trinajstić information content (AvgIpc) is 3.51. The molecular formula is C34H25BrCl2N4O3S2. The molecule has 0 bridgehead atoms. The molecule has 1 heterocycles. The van der Waals surface area contributed by atoms with Gasteiger partial charge in [-0.05, 0) is 79.2 Å². The zero-order valence-electron chi connectivity index (χ0n) is 24.1. The fourth-order valence-corrected chi connectivity index (χ4v) is 6.40. The SMILES string of the molecule is CC(Sc1ccc(NC(=O)/C(=C/c2ccc(Cl)cc2Cl)NC(=O)c2ccccc2)cc1)C(=O)Nc1nc(-c2ccc(Br)cc2)cs1. The number of amides is 3. The number of carbonyl (C=O) groups excluding carboxylic acids is 3. The van der Waals surface area contributed by atoms with E-state index in [9.17, 15) is 14.4 Å². The lowest BCUT2D eigenvalue weighted by Crippen LogP contribution is -2.30. The lowest BCUT2D eigenvalue weighted by Gasteiger charge is -2.13. The molecule has 4 aromatic carbocycles. The van der Waals surface area contributed by atoms with Crippen LogP contribution in [0.3, 0.4) is 0 Å². The maximum atomic E-state index is 13.4. The highest BCUT2D eigenvalue weighted by molar-refractivity contribution is 9.10. The van der Waals surface area contributed by atoms with Gasteiger partial charge >= 0.3 is 0 Å². The first-order valence-corrected chi connectivity index (χ1v) is 17.1. The van der Waals surface area contributed by atoms with Crippen LogP contribution in [0, 0.1) is 0 Å². The predicted molar refractivity (Wildman–Crippen MR) is 193 cm³/mol. The van der Waals surface area contributed by atoms with Crippen molar-refractivity contribution in [2.75, 3.05) is 10.6 Å². The van der Waals surface area contributed by atoms with Crippen LogP contribution in [-0.2, 0) is 9.59 Å². The van der Waals surface area contributed by atoms with Gasteiger partial charge < -0.3 is 16.0 Å². The predicted octanol–water partition coefficient (Wildman–Crippen LogP) is 9.41. The van der Waals surface area contributed by atoms with Crippen molar-refractivity contribution in [1.82, 2.24) is 10.3 Å². The molecule has 0 saturated heterocycles. The Bertz CT molecular complexity index is 1900. The minimum Gasteiger partial charge on any atom is -0.321 e. The first-order valence-electron chi connectivity index (χ1n) is 13.8. The summed E-state index contributed by atoms with van der Waals surface area (Å²) in [7, 11) is 0. The first-order chi connectivity index (χ1) is 22.1. The standard InChI is InChI=1S/C34H25BrCl2N4O3S2/c1-20(31(42)41-34-40-30(19-45-34)21-7-10-24(35)11-8-21)46-27-15-13-26(14-16-27)38-33(44)29(17-23-9-12-25(36)18-28(23)37)39-32(43)22-5-3-2-4-6-22/h2-20H,1H3,(H,38,44)(H,39,43)(H,40,41,42)/b29-17-. The van der Waals surface area contributed by atoms with Crippen molar-refractivity contribution < 1.29 is 14.4 Å². The van der Waals surface area contributed by atoms with Gasteiger partial charge in [-0.15, -0.1) is 23.1 Å². The summed E-state index contributed by atoms with van der Waals surface area (Å²) in [6, 6.07) is 28.3. The van der Waals surface area contributed by atoms with E-state index in [0.717, 1.165) is 20.6 Å². The fraction of sp³-hybridized carbons (Fsp3) is 0.0588. The second kappa shape index (κ2) is 15.6. The minimum atomic E-state index is -0.547. The highest BCUT2D eigenvalue weighted by atomic mass is 79.9. The van der Waals surface area contributed by atoms with E-state index in [-0.39, 0.29) is 11.6 Å². The van der Waals surface area contributed by atoms with Gasteiger partial charge in [0.15, 0.2) is 5.13 Å². The Labute approximate surface area is 292 Å². The van der Waals surface area contributed by atoms with Crippen molar-refractivity contribution in [2.45, 2.75) is 17.1 Å². The third-order valence-electron chi connectivity index (χ3n) is 6.46. The lowest BCUT2D eigenvalue weighted by atomic mass is 10.1. The topological polar surface area (TPSA) is 100 Å². The number of anilines is 2. The van der Waals surface area contributed by atoms with Gasteiger partial charge in [0.05, 0.1) is 10.9 Å². The van der Waals surface area contributed by atoms with Crippen molar-refractivity contribution in [3.63, 3.8) is 0 Å². The third-order valence-corrected chi connectivity index (χ3v) is 9.42. The number of thioether (sulfide) groups is 1. The molecule has 3 N–H and O–H groups in total. The van der Waals surface area contributed by atoms with Crippen LogP contribution in [0.4, 0.5) is 10.8 Å². The molecule has 0 radical (unpaired) electrons. The van der Waals surface area contributed by atoms with Gasteiger partial charge in [-0.3, -0.25) is 14.4 Å². The average molecular weight is 753 g/mol. The second-order valence-corrected chi connectivity index (χ2v) is 13.8. The molecule has 1 unspecified atom stereocenters. The molecule has 1 aromatic heterocycles. The van der Waals surface area contributed by atoms with E-state index in [1.165, 1.54) is 29.2 Å². The van der Waals surface area contributed by atoms with Crippen molar-refractivity contribution in [2.24, 2.45) is 0 Å². The molecule has 0 aliphatic rings. The molecule has 1 atom stereocenters. The summed E-state index contributed by atoms with van der Waals surface area (Å²) < 4.78 is 0.981. The number of rotatable bonds is 10. The molecule has 0 spiro atoms. The normalized spacial score (nSPS) is 11.9. The Balaban J connectivity index is 1.22. The van der Waals surface area contributed by atoms with Crippen molar-refractivity contribution in [3.8, 4) is 11.3 Å². The molecule has 3 amide bonds. The summed E-state index contributed by atoms with van der Waals surface area (Å²) in [6.07, 6.45) is 1.49. The molecule has 12 heteroatoms. The molecule has 5 aromatic rings. The Morgan fingerprint density at radius 3 is 2.33 bits per heavy atom. The van der Waals surface area contributed by atoms with E-state index in [0.29, 0.717) is 32.0 Å². The van der Waals surface area contributed by atoms with Gasteiger partial charge in [-0.25, -0.2) is 4.98 Å². The van der Waals surface area contributed by atoms with Gasteiger partial charge in [-0.2, -0.15) is 0 Å². The van der Waals surface area contributed by atoms with Crippen molar-refractivity contribution >= 4 is 96.8 Å². The van der Waals surface area contributed by atoms with E-state index in [4.69, 9.17) is 23.2 Å². The van der Waals surface area contributed by atoms with Gasteiger partial charge in [0.2, 0.25) is 5.91 Å². The number of carbonyl (C=O) groups is 3. The maximum absolute atomic E-state index is 13.4. The third kappa shape index (κ3) is 9.08. The minimum absolute atomic E-state index is 0.00713. The van der Waals surface area contributed by atoms with Gasteiger partial charge in [0.25, 0.3) is 11.8 Å². The van der Waals surface area contributed by atoms with Crippen LogP contribution in [0.25, 0.3) is 17.3 Å². The van der Waals surface area contributed by atoms with Crippen LogP contribution in [0.5, 0.6) is 0 Å². The van der Waals surface area contributed by atoms with Crippen LogP contribution in [-0.4, -0.2) is 28.0 Å². The number of thiazole rings is 1. The zero-order chi connectivity index (χ0) is 32.6. The number of nitrogens with one attached hydrogen (secondary N) is 3. The zero-order valence-corrected chi connectivity index (χ0v) is 28.8. The number of hydrogen-bond donors (Lipinski definition) is 3. The summed E-state index contributed by atoms with van der Waals surface area (Å²) in [6.45, 7) is 1.81. The van der Waals surface area contributed by atoms with E-state index in [1.54, 1.807) is 72.8 Å². The molecular weight excluding hydrogens is 727 g/mol. The molecule has 7 nitrogen and oxygen atoms in total. The largest absolute Gasteiger partial charge is 0.321 e. The molecule has 0 saturated carbocycles. The molecule has 0 aliphatic heterocycles. The monoisotopic (exact) mass is 750 g/mol. The van der Waals surface area contributed by atoms with E-state index < -0.39 is 17.1 Å². The second-order valence-electron chi connectivity index (χ2n) is 9.82. The van der Waals surface area contributed by atoms with Crippen LogP contribution >= 0.6 is 62.2 Å². The van der Waals surface area contributed by atoms with Gasteiger partial charge in [0, 0.05) is 41.6 Å². The number of hydrogen-bond acceptors (Lipinski definition) is 6. The lowest BCUT2D eigenvalue weighted by molar-refractivity contribution is -0.115. The molecule has 0 fully saturated rings. The van der Waals surface area contributed by atoms with Crippen LogP contribution in [0.2, 0.25) is 10.0 Å². The van der Waals surface area contributed by atoms with Gasteiger partial charge in [0.1, 0.15) is 5.70 Å². The molecule has 5 rings (SSSR count).